The van der Waals surface area contributed by atoms with Gasteiger partial charge in [0, 0.05) is 11.7 Å². The van der Waals surface area contributed by atoms with E-state index < -0.39 is 29.7 Å². The summed E-state index contributed by atoms with van der Waals surface area (Å²) in [6.07, 6.45) is 1.58. The maximum Gasteiger partial charge on any atom is 0.408 e. The maximum atomic E-state index is 13.8. The minimum Gasteiger partial charge on any atom is -0.497 e. The summed E-state index contributed by atoms with van der Waals surface area (Å²) in [4.78, 5) is 41.5. The Labute approximate surface area is 220 Å². The fourth-order valence-electron chi connectivity index (χ4n) is 3.74. The number of ether oxygens (including phenoxy) is 2. The predicted molar refractivity (Wildman–Crippen MR) is 146 cm³/mol. The van der Waals surface area contributed by atoms with Crippen molar-refractivity contribution in [3.05, 3.63) is 66.2 Å². The van der Waals surface area contributed by atoms with Crippen molar-refractivity contribution in [2.45, 2.75) is 71.7 Å². The molecule has 0 aromatic heterocycles. The number of rotatable bonds is 10. The third-order valence-corrected chi connectivity index (χ3v) is 5.77. The number of benzene rings is 2. The van der Waals surface area contributed by atoms with Crippen LogP contribution in [-0.4, -0.2) is 47.6 Å². The quantitative estimate of drug-likeness (QED) is 0.437. The van der Waals surface area contributed by atoms with Crippen LogP contribution in [0.25, 0.3) is 6.08 Å². The number of nitrogens with zero attached hydrogens (tertiary/aromatic N) is 1. The number of anilines is 1. The van der Waals surface area contributed by atoms with Crippen LogP contribution in [0.3, 0.4) is 0 Å². The van der Waals surface area contributed by atoms with E-state index in [4.69, 9.17) is 9.47 Å². The minimum absolute atomic E-state index is 0.311. The molecule has 0 aliphatic heterocycles. The Bertz CT molecular complexity index is 1090. The molecule has 8 heteroatoms. The Balaban J connectivity index is 2.48. The molecule has 2 rings (SSSR count). The highest BCUT2D eigenvalue weighted by Crippen LogP contribution is 2.29. The molecule has 0 aliphatic rings. The van der Waals surface area contributed by atoms with E-state index in [2.05, 4.69) is 17.2 Å². The zero-order valence-electron chi connectivity index (χ0n) is 22.8. The lowest BCUT2D eigenvalue weighted by Crippen LogP contribution is -2.53. The van der Waals surface area contributed by atoms with Crippen molar-refractivity contribution >= 4 is 29.7 Å². The molecule has 0 heterocycles. The van der Waals surface area contributed by atoms with Crippen LogP contribution in [0.5, 0.6) is 5.75 Å². The van der Waals surface area contributed by atoms with Gasteiger partial charge in [0.15, 0.2) is 0 Å². The molecule has 0 saturated heterocycles. The first-order valence-corrected chi connectivity index (χ1v) is 12.4. The van der Waals surface area contributed by atoms with Gasteiger partial charge < -0.3 is 25.0 Å². The fourth-order valence-corrected chi connectivity index (χ4v) is 3.74. The SMILES string of the molecule is C=Cc1cccc(C(C(=O)Nc2ccc(OC)cc2)N(C(=O)C(C)NC(=O)OC(C)(C)C)C(C)CC)c1. The summed E-state index contributed by atoms with van der Waals surface area (Å²) < 4.78 is 10.5. The van der Waals surface area contributed by atoms with Gasteiger partial charge in [0.2, 0.25) is 5.91 Å². The van der Waals surface area contributed by atoms with Crippen LogP contribution in [-0.2, 0) is 14.3 Å². The molecular formula is C29H39N3O5. The van der Waals surface area contributed by atoms with E-state index in [-0.39, 0.29) is 11.9 Å². The van der Waals surface area contributed by atoms with Gasteiger partial charge in [-0.15, -0.1) is 0 Å². The van der Waals surface area contributed by atoms with E-state index in [1.165, 1.54) is 4.90 Å². The lowest BCUT2D eigenvalue weighted by molar-refractivity contribution is -0.143. The van der Waals surface area contributed by atoms with E-state index >= 15 is 0 Å². The molecule has 0 aliphatic carbocycles. The Morgan fingerprint density at radius 1 is 1.08 bits per heavy atom. The highest BCUT2D eigenvalue weighted by atomic mass is 16.6. The summed E-state index contributed by atoms with van der Waals surface area (Å²) in [5.74, 6) is -0.129. The van der Waals surface area contributed by atoms with Crippen LogP contribution in [0.1, 0.15) is 65.1 Å². The molecule has 2 N–H and O–H groups in total. The largest absolute Gasteiger partial charge is 0.497 e. The summed E-state index contributed by atoms with van der Waals surface area (Å²) in [6, 6.07) is 12.1. The Morgan fingerprint density at radius 2 is 1.73 bits per heavy atom. The smallest absolute Gasteiger partial charge is 0.408 e. The van der Waals surface area contributed by atoms with E-state index in [1.807, 2.05) is 32.0 Å². The Kier molecular flexibility index (Phi) is 10.3. The van der Waals surface area contributed by atoms with Gasteiger partial charge in [0.1, 0.15) is 23.4 Å². The molecule has 0 spiro atoms. The van der Waals surface area contributed by atoms with Crippen molar-refractivity contribution in [2.75, 3.05) is 12.4 Å². The molecule has 8 nitrogen and oxygen atoms in total. The summed E-state index contributed by atoms with van der Waals surface area (Å²) in [5, 5.41) is 5.54. The molecule has 37 heavy (non-hydrogen) atoms. The summed E-state index contributed by atoms with van der Waals surface area (Å²) >= 11 is 0. The zero-order valence-corrected chi connectivity index (χ0v) is 22.8. The molecule has 3 amide bonds. The molecule has 200 valence electrons. The third kappa shape index (κ3) is 8.37. The number of carbonyl (C=O) groups is 3. The van der Waals surface area contributed by atoms with Crippen molar-refractivity contribution in [2.24, 2.45) is 0 Å². The van der Waals surface area contributed by atoms with Crippen LogP contribution < -0.4 is 15.4 Å². The Hall–Kier alpha value is -3.81. The number of hydrogen-bond donors (Lipinski definition) is 2. The van der Waals surface area contributed by atoms with E-state index in [9.17, 15) is 14.4 Å². The molecule has 0 fully saturated rings. The van der Waals surface area contributed by atoms with Gasteiger partial charge in [-0.3, -0.25) is 9.59 Å². The van der Waals surface area contributed by atoms with E-state index in [1.54, 1.807) is 71.2 Å². The molecule has 2 aromatic rings. The summed E-state index contributed by atoms with van der Waals surface area (Å²) in [6.45, 7) is 14.5. The Morgan fingerprint density at radius 3 is 2.27 bits per heavy atom. The van der Waals surface area contributed by atoms with Gasteiger partial charge in [-0.1, -0.05) is 37.8 Å². The van der Waals surface area contributed by atoms with Crippen LogP contribution in [0, 0.1) is 0 Å². The van der Waals surface area contributed by atoms with Gasteiger partial charge in [0.05, 0.1) is 7.11 Å². The van der Waals surface area contributed by atoms with Crippen molar-refractivity contribution in [3.8, 4) is 5.75 Å². The number of amides is 3. The maximum absolute atomic E-state index is 13.8. The summed E-state index contributed by atoms with van der Waals surface area (Å²) in [7, 11) is 1.57. The first kappa shape index (κ1) is 29.4. The van der Waals surface area contributed by atoms with Crippen molar-refractivity contribution in [1.29, 1.82) is 0 Å². The molecular weight excluding hydrogens is 470 g/mol. The molecule has 0 radical (unpaired) electrons. The first-order valence-electron chi connectivity index (χ1n) is 12.4. The zero-order chi connectivity index (χ0) is 27.8. The number of carbonyl (C=O) groups excluding carboxylic acids is 3. The van der Waals surface area contributed by atoms with Crippen molar-refractivity contribution in [1.82, 2.24) is 10.2 Å². The normalized spacial score (nSPS) is 13.5. The van der Waals surface area contributed by atoms with Crippen molar-refractivity contribution in [3.63, 3.8) is 0 Å². The molecule has 0 saturated carbocycles. The fraction of sp³-hybridized carbons (Fsp3) is 0.414. The molecule has 0 bridgehead atoms. The van der Waals surface area contributed by atoms with Gasteiger partial charge in [-0.2, -0.15) is 0 Å². The standard InChI is InChI=1S/C29H39N3O5/c1-9-19(3)32(27(34)20(4)30-28(35)37-29(5,6)7)25(22-13-11-12-21(10-2)18-22)26(33)31-23-14-16-24(36-8)17-15-23/h10-20,25H,2,9H2,1,3-8H3,(H,30,35)(H,31,33). The lowest BCUT2D eigenvalue weighted by atomic mass is 9.98. The second-order valence-corrected chi connectivity index (χ2v) is 9.87. The molecule has 3 unspecified atom stereocenters. The molecule has 3 atom stereocenters. The van der Waals surface area contributed by atoms with Gasteiger partial charge in [-0.25, -0.2) is 4.79 Å². The predicted octanol–water partition coefficient (Wildman–Crippen LogP) is 5.56. The summed E-state index contributed by atoms with van der Waals surface area (Å²) in [5.41, 5.74) is 1.29. The number of nitrogens with one attached hydrogen (secondary N) is 2. The second kappa shape index (κ2) is 12.9. The van der Waals surface area contributed by atoms with E-state index in [0.29, 0.717) is 23.4 Å². The topological polar surface area (TPSA) is 97.0 Å². The highest BCUT2D eigenvalue weighted by molar-refractivity contribution is 5.99. The number of alkyl carbamates (subject to hydrolysis) is 1. The van der Waals surface area contributed by atoms with Crippen molar-refractivity contribution < 1.29 is 23.9 Å². The van der Waals surface area contributed by atoms with Gasteiger partial charge >= 0.3 is 6.09 Å². The van der Waals surface area contributed by atoms with Crippen LogP contribution in [0.4, 0.5) is 10.5 Å². The number of hydrogen-bond acceptors (Lipinski definition) is 5. The van der Waals surface area contributed by atoms with E-state index in [0.717, 1.165) is 5.56 Å². The average molecular weight is 510 g/mol. The van der Waals surface area contributed by atoms with Crippen LogP contribution >= 0.6 is 0 Å². The second-order valence-electron chi connectivity index (χ2n) is 9.87. The third-order valence-electron chi connectivity index (χ3n) is 5.77. The van der Waals surface area contributed by atoms with Gasteiger partial charge in [0.25, 0.3) is 5.91 Å². The lowest BCUT2D eigenvalue weighted by Gasteiger charge is -2.37. The van der Waals surface area contributed by atoms with Crippen LogP contribution in [0.15, 0.2) is 55.1 Å². The monoisotopic (exact) mass is 509 g/mol. The highest BCUT2D eigenvalue weighted by Gasteiger charge is 2.37. The number of methoxy groups -OCH3 is 1. The first-order chi connectivity index (χ1) is 17.4. The average Bonchev–Trinajstić information content (AvgIpc) is 2.85. The van der Waals surface area contributed by atoms with Crippen LogP contribution in [0.2, 0.25) is 0 Å². The minimum atomic E-state index is -0.965. The van der Waals surface area contributed by atoms with Gasteiger partial charge in [-0.05, 0) is 82.5 Å². The molecule has 2 aromatic carbocycles.